The maximum absolute atomic E-state index is 9.40. The zero-order valence-corrected chi connectivity index (χ0v) is 12.8. The summed E-state index contributed by atoms with van der Waals surface area (Å²) < 4.78 is 0. The molecule has 3 nitrogen and oxygen atoms in total. The number of hydrogen-bond acceptors (Lipinski definition) is 3. The van der Waals surface area contributed by atoms with Crippen molar-refractivity contribution in [3.63, 3.8) is 0 Å². The van der Waals surface area contributed by atoms with Gasteiger partial charge in [0.1, 0.15) is 5.54 Å². The van der Waals surface area contributed by atoms with Crippen LogP contribution in [-0.4, -0.2) is 36.1 Å². The van der Waals surface area contributed by atoms with Crippen molar-refractivity contribution in [1.29, 1.82) is 5.26 Å². The van der Waals surface area contributed by atoms with Gasteiger partial charge in [0.2, 0.25) is 0 Å². The van der Waals surface area contributed by atoms with E-state index in [9.17, 15) is 5.26 Å². The summed E-state index contributed by atoms with van der Waals surface area (Å²) in [4.78, 5) is 2.55. The Morgan fingerprint density at radius 3 is 2.68 bits per heavy atom. The highest BCUT2D eigenvalue weighted by atomic mass is 15.1. The Balaban J connectivity index is 1.78. The summed E-state index contributed by atoms with van der Waals surface area (Å²) in [6, 6.07) is 3.09. The van der Waals surface area contributed by atoms with E-state index in [1.165, 1.54) is 45.2 Å². The minimum atomic E-state index is -0.330. The van der Waals surface area contributed by atoms with E-state index in [0.29, 0.717) is 11.5 Å². The Kier molecular flexibility index (Phi) is 4.53. The molecule has 1 aliphatic heterocycles. The van der Waals surface area contributed by atoms with E-state index < -0.39 is 0 Å². The Morgan fingerprint density at radius 2 is 2.05 bits per heavy atom. The Morgan fingerprint density at radius 1 is 1.32 bits per heavy atom. The first-order valence-electron chi connectivity index (χ1n) is 7.84. The van der Waals surface area contributed by atoms with Gasteiger partial charge in [-0.05, 0) is 64.0 Å². The zero-order chi connectivity index (χ0) is 13.9. The van der Waals surface area contributed by atoms with Crippen LogP contribution in [0.5, 0.6) is 0 Å². The molecule has 0 aromatic heterocycles. The van der Waals surface area contributed by atoms with Gasteiger partial charge < -0.3 is 4.90 Å². The van der Waals surface area contributed by atoms with Gasteiger partial charge in [-0.15, -0.1) is 0 Å². The van der Waals surface area contributed by atoms with Gasteiger partial charge in [-0.1, -0.05) is 13.8 Å². The van der Waals surface area contributed by atoms with Crippen molar-refractivity contribution >= 4 is 0 Å². The number of nitrogens with one attached hydrogen (secondary N) is 1. The van der Waals surface area contributed by atoms with Gasteiger partial charge in [-0.25, -0.2) is 0 Å². The summed E-state index contributed by atoms with van der Waals surface area (Å²) >= 11 is 0. The Labute approximate surface area is 118 Å². The minimum absolute atomic E-state index is 0.330. The van der Waals surface area contributed by atoms with Crippen LogP contribution in [-0.2, 0) is 0 Å². The van der Waals surface area contributed by atoms with Gasteiger partial charge in [0.25, 0.3) is 0 Å². The van der Waals surface area contributed by atoms with Crippen LogP contribution in [0.15, 0.2) is 0 Å². The van der Waals surface area contributed by atoms with Gasteiger partial charge in [-0.2, -0.15) is 5.26 Å². The lowest BCUT2D eigenvalue weighted by atomic mass is 9.85. The quantitative estimate of drug-likeness (QED) is 0.829. The Hall–Kier alpha value is -0.590. The number of likely N-dealkylation sites (tertiary alicyclic amines) is 1. The molecule has 1 N–H and O–H groups in total. The van der Waals surface area contributed by atoms with Crippen LogP contribution in [0.4, 0.5) is 0 Å². The molecule has 0 aromatic rings. The van der Waals surface area contributed by atoms with E-state index in [1.54, 1.807) is 0 Å². The summed E-state index contributed by atoms with van der Waals surface area (Å²) in [5.74, 6) is 0. The molecule has 1 atom stereocenters. The average molecular weight is 263 g/mol. The SMILES string of the molecule is CC1(C)CCCN(CCC(C)(C#N)NC2CC2)CC1. The van der Waals surface area contributed by atoms with Crippen molar-refractivity contribution in [2.45, 2.75) is 70.9 Å². The molecule has 1 saturated heterocycles. The summed E-state index contributed by atoms with van der Waals surface area (Å²) in [5.41, 5.74) is 0.169. The fraction of sp³-hybridized carbons (Fsp3) is 0.938. The van der Waals surface area contributed by atoms with E-state index in [2.05, 4.69) is 37.1 Å². The molecular weight excluding hydrogens is 234 g/mol. The summed E-state index contributed by atoms with van der Waals surface area (Å²) in [7, 11) is 0. The van der Waals surface area contributed by atoms with Crippen LogP contribution in [0.1, 0.15) is 59.3 Å². The smallest absolute Gasteiger partial charge is 0.105 e. The number of nitrogens with zero attached hydrogens (tertiary/aromatic N) is 2. The second-order valence-electron chi connectivity index (χ2n) is 7.47. The van der Waals surface area contributed by atoms with Crippen LogP contribution in [0, 0.1) is 16.7 Å². The average Bonchev–Trinajstić information content (AvgIpc) is 3.16. The molecule has 2 fully saturated rings. The normalized spacial score (nSPS) is 27.3. The minimum Gasteiger partial charge on any atom is -0.303 e. The maximum Gasteiger partial charge on any atom is 0.105 e. The van der Waals surface area contributed by atoms with Gasteiger partial charge in [0.15, 0.2) is 0 Å². The van der Waals surface area contributed by atoms with Crippen LogP contribution in [0.2, 0.25) is 0 Å². The first-order chi connectivity index (χ1) is 8.92. The molecule has 0 bridgehead atoms. The van der Waals surface area contributed by atoms with Crippen molar-refractivity contribution in [2.75, 3.05) is 19.6 Å². The number of hydrogen-bond donors (Lipinski definition) is 1. The number of nitriles is 1. The van der Waals surface area contributed by atoms with E-state index in [0.717, 1.165) is 13.0 Å². The van der Waals surface area contributed by atoms with E-state index >= 15 is 0 Å². The fourth-order valence-electron chi connectivity index (χ4n) is 2.92. The molecule has 1 unspecified atom stereocenters. The molecular formula is C16H29N3. The lowest BCUT2D eigenvalue weighted by molar-refractivity contribution is 0.239. The molecule has 108 valence electrons. The topological polar surface area (TPSA) is 39.1 Å². The lowest BCUT2D eigenvalue weighted by Gasteiger charge is -2.28. The predicted molar refractivity (Wildman–Crippen MR) is 78.9 cm³/mol. The second-order valence-corrected chi connectivity index (χ2v) is 7.47. The summed E-state index contributed by atoms with van der Waals surface area (Å²) in [6.07, 6.45) is 7.35. The molecule has 2 aliphatic rings. The first-order valence-corrected chi connectivity index (χ1v) is 7.84. The molecule has 19 heavy (non-hydrogen) atoms. The zero-order valence-electron chi connectivity index (χ0n) is 12.8. The highest BCUT2D eigenvalue weighted by Crippen LogP contribution is 2.30. The summed E-state index contributed by atoms with van der Waals surface area (Å²) in [5, 5.41) is 12.9. The monoisotopic (exact) mass is 263 g/mol. The second kappa shape index (κ2) is 5.81. The third-order valence-corrected chi connectivity index (χ3v) is 4.71. The van der Waals surface area contributed by atoms with Gasteiger partial charge in [0, 0.05) is 12.6 Å². The first kappa shape index (κ1) is 14.8. The van der Waals surface area contributed by atoms with Crippen molar-refractivity contribution in [3.8, 4) is 6.07 Å². The molecule has 1 aliphatic carbocycles. The Bertz CT molecular complexity index is 340. The molecule has 0 amide bonds. The molecule has 0 aromatic carbocycles. The molecule has 1 saturated carbocycles. The van der Waals surface area contributed by atoms with E-state index in [1.807, 2.05) is 0 Å². The van der Waals surface area contributed by atoms with Crippen LogP contribution in [0.25, 0.3) is 0 Å². The standard InChI is InChI=1S/C16H29N3/c1-15(2)7-4-10-19(11-8-15)12-9-16(3,13-17)18-14-5-6-14/h14,18H,4-12H2,1-3H3. The van der Waals surface area contributed by atoms with Crippen LogP contribution in [0.3, 0.4) is 0 Å². The van der Waals surface area contributed by atoms with Crippen molar-refractivity contribution < 1.29 is 0 Å². The number of rotatable bonds is 5. The van der Waals surface area contributed by atoms with E-state index in [4.69, 9.17) is 0 Å². The van der Waals surface area contributed by atoms with Gasteiger partial charge in [0.05, 0.1) is 6.07 Å². The van der Waals surface area contributed by atoms with Gasteiger partial charge in [-0.3, -0.25) is 5.32 Å². The highest BCUT2D eigenvalue weighted by molar-refractivity contribution is 5.07. The third-order valence-electron chi connectivity index (χ3n) is 4.71. The molecule has 1 heterocycles. The summed E-state index contributed by atoms with van der Waals surface area (Å²) in [6.45, 7) is 10.3. The van der Waals surface area contributed by atoms with E-state index in [-0.39, 0.29) is 5.54 Å². The molecule has 0 radical (unpaired) electrons. The van der Waals surface area contributed by atoms with Crippen LogP contribution < -0.4 is 5.32 Å². The molecule has 0 spiro atoms. The van der Waals surface area contributed by atoms with Crippen molar-refractivity contribution in [1.82, 2.24) is 10.2 Å². The van der Waals surface area contributed by atoms with Crippen LogP contribution >= 0.6 is 0 Å². The lowest BCUT2D eigenvalue weighted by Crippen LogP contribution is -2.45. The maximum atomic E-state index is 9.40. The highest BCUT2D eigenvalue weighted by Gasteiger charge is 2.33. The van der Waals surface area contributed by atoms with Gasteiger partial charge >= 0.3 is 0 Å². The van der Waals surface area contributed by atoms with Crippen molar-refractivity contribution in [3.05, 3.63) is 0 Å². The molecule has 3 heteroatoms. The molecule has 2 rings (SSSR count). The van der Waals surface area contributed by atoms with Crippen molar-refractivity contribution in [2.24, 2.45) is 5.41 Å². The fourth-order valence-corrected chi connectivity index (χ4v) is 2.92. The third kappa shape index (κ3) is 4.78. The largest absolute Gasteiger partial charge is 0.303 e. The predicted octanol–water partition coefficient (Wildman–Crippen LogP) is 2.92.